The van der Waals surface area contributed by atoms with Crippen molar-refractivity contribution < 1.29 is 14.5 Å². The first-order chi connectivity index (χ1) is 13.0. The highest BCUT2D eigenvalue weighted by Crippen LogP contribution is 2.47. The van der Waals surface area contributed by atoms with E-state index < -0.39 is 5.41 Å². The van der Waals surface area contributed by atoms with Crippen LogP contribution >= 0.6 is 0 Å². The van der Waals surface area contributed by atoms with E-state index in [9.17, 15) is 9.90 Å². The van der Waals surface area contributed by atoms with Crippen LogP contribution in [0.15, 0.2) is 47.8 Å². The zero-order valence-electron chi connectivity index (χ0n) is 15.7. The lowest BCUT2D eigenvalue weighted by atomic mass is 9.78. The molecule has 1 unspecified atom stereocenters. The molecule has 27 heavy (non-hydrogen) atoms. The average Bonchev–Trinajstić information content (AvgIpc) is 3.13. The van der Waals surface area contributed by atoms with E-state index in [4.69, 9.17) is 4.98 Å². The van der Waals surface area contributed by atoms with Gasteiger partial charge in [0.05, 0.1) is 24.9 Å². The minimum absolute atomic E-state index is 0.0177. The van der Waals surface area contributed by atoms with Crippen LogP contribution in [0.25, 0.3) is 10.9 Å². The summed E-state index contributed by atoms with van der Waals surface area (Å²) in [4.78, 5) is 17.9. The second-order valence-corrected chi connectivity index (χ2v) is 7.44. The van der Waals surface area contributed by atoms with Gasteiger partial charge >= 0.3 is 5.91 Å². The summed E-state index contributed by atoms with van der Waals surface area (Å²) in [6.45, 7) is 6.04. The monoisotopic (exact) mass is 362 g/mol. The van der Waals surface area contributed by atoms with Crippen LogP contribution in [0.2, 0.25) is 0 Å². The normalized spacial score (nSPS) is 21.5. The number of benzene rings is 1. The summed E-state index contributed by atoms with van der Waals surface area (Å²) < 4.78 is 1.72. The van der Waals surface area contributed by atoms with Gasteiger partial charge in [0.15, 0.2) is 0 Å². The minimum Gasteiger partial charge on any atom is -0.396 e. The van der Waals surface area contributed by atoms with Gasteiger partial charge in [0.25, 0.3) is 5.82 Å². The van der Waals surface area contributed by atoms with Crippen molar-refractivity contribution in [3.8, 4) is 0 Å². The molecule has 1 aliphatic heterocycles. The molecule has 1 amide bonds. The van der Waals surface area contributed by atoms with Crippen LogP contribution in [0.4, 0.5) is 0 Å². The molecular weight excluding hydrogens is 338 g/mol. The fraction of sp³-hybridized carbons (Fsp3) is 0.318. The third-order valence-electron chi connectivity index (χ3n) is 5.56. The molecule has 0 saturated heterocycles. The molecule has 2 N–H and O–H groups in total. The van der Waals surface area contributed by atoms with Crippen LogP contribution in [0.5, 0.6) is 0 Å². The number of aliphatic hydroxyl groups is 1. The molecule has 2 heterocycles. The summed E-state index contributed by atoms with van der Waals surface area (Å²) >= 11 is 0. The van der Waals surface area contributed by atoms with Gasteiger partial charge in [-0.2, -0.15) is 0 Å². The van der Waals surface area contributed by atoms with Crippen molar-refractivity contribution in [2.24, 2.45) is 5.41 Å². The van der Waals surface area contributed by atoms with Crippen LogP contribution in [0.1, 0.15) is 23.7 Å². The maximum absolute atomic E-state index is 13.0. The van der Waals surface area contributed by atoms with Crippen molar-refractivity contribution in [1.82, 2.24) is 10.3 Å². The van der Waals surface area contributed by atoms with Crippen LogP contribution < -0.4 is 5.32 Å². The van der Waals surface area contributed by atoms with Crippen LogP contribution in [0.3, 0.4) is 0 Å². The number of carbonyl (C=O) groups excluding carboxylic acids is 1. The van der Waals surface area contributed by atoms with Crippen LogP contribution in [-0.4, -0.2) is 40.9 Å². The zero-order chi connectivity index (χ0) is 19.2. The number of fused-ring (bicyclic) bond motifs is 2. The first-order valence-corrected chi connectivity index (χ1v) is 9.24. The first kappa shape index (κ1) is 17.6. The number of hydrogen-bond donors (Lipinski definition) is 2. The second-order valence-electron chi connectivity index (χ2n) is 7.44. The highest BCUT2D eigenvalue weighted by molar-refractivity contribution is 5.93. The van der Waals surface area contributed by atoms with Gasteiger partial charge in [-0.3, -0.25) is 4.98 Å². The SMILES string of the molecule is C=[N+](C)C1=C(C=CC)C2(Cc3cc4cc(CCO)ccc4nc3C2)C(=O)N1. The Kier molecular flexibility index (Phi) is 4.19. The van der Waals surface area contributed by atoms with E-state index in [1.807, 2.05) is 38.3 Å². The number of rotatable bonds is 4. The van der Waals surface area contributed by atoms with Gasteiger partial charge in [-0.15, -0.1) is 0 Å². The number of amides is 1. The van der Waals surface area contributed by atoms with E-state index in [-0.39, 0.29) is 12.5 Å². The predicted molar refractivity (Wildman–Crippen MR) is 106 cm³/mol. The maximum atomic E-state index is 13.0. The van der Waals surface area contributed by atoms with Gasteiger partial charge in [0.1, 0.15) is 5.41 Å². The minimum atomic E-state index is -0.617. The molecule has 1 spiro atoms. The van der Waals surface area contributed by atoms with E-state index in [1.165, 1.54) is 0 Å². The smallest absolute Gasteiger partial charge is 0.319 e. The Morgan fingerprint density at radius 2 is 2.19 bits per heavy atom. The molecule has 0 bridgehead atoms. The van der Waals surface area contributed by atoms with Crippen molar-refractivity contribution in [3.63, 3.8) is 0 Å². The number of nitrogens with one attached hydrogen (secondary N) is 1. The molecule has 0 fully saturated rings. The standard InChI is InChI=1S/C22H23N3O2/c1-4-5-17-20(25(2)3)24-21(27)22(17)12-16-11-15-10-14(8-9-26)6-7-18(15)23-19(16)13-22/h4-7,10-11,26H,2,8-9,12-13H2,1,3H3/p+1. The largest absolute Gasteiger partial charge is 0.396 e. The van der Waals surface area contributed by atoms with Gasteiger partial charge in [-0.05, 0) is 49.1 Å². The second kappa shape index (κ2) is 6.43. The van der Waals surface area contributed by atoms with Crippen molar-refractivity contribution in [2.75, 3.05) is 13.7 Å². The molecule has 5 nitrogen and oxygen atoms in total. The summed E-state index contributed by atoms with van der Waals surface area (Å²) in [6.07, 6.45) is 5.85. The third-order valence-corrected chi connectivity index (χ3v) is 5.56. The quantitative estimate of drug-likeness (QED) is 0.647. The van der Waals surface area contributed by atoms with Crippen LogP contribution in [-0.2, 0) is 24.1 Å². The fourth-order valence-corrected chi connectivity index (χ4v) is 4.27. The summed E-state index contributed by atoms with van der Waals surface area (Å²) in [6, 6.07) is 8.24. The molecule has 2 aliphatic rings. The number of pyridine rings is 1. The Labute approximate surface area is 158 Å². The van der Waals surface area contributed by atoms with E-state index in [0.717, 1.165) is 39.1 Å². The van der Waals surface area contributed by atoms with E-state index >= 15 is 0 Å². The molecule has 138 valence electrons. The number of aliphatic hydroxyl groups excluding tert-OH is 1. The fourth-order valence-electron chi connectivity index (χ4n) is 4.27. The summed E-state index contributed by atoms with van der Waals surface area (Å²) in [5, 5.41) is 13.3. The number of allylic oxidation sites excluding steroid dienone is 2. The Bertz CT molecular complexity index is 1040. The molecule has 5 heteroatoms. The summed E-state index contributed by atoms with van der Waals surface area (Å²) in [7, 11) is 1.84. The third kappa shape index (κ3) is 2.70. The van der Waals surface area contributed by atoms with Gasteiger partial charge in [0, 0.05) is 24.1 Å². The molecule has 0 radical (unpaired) electrons. The Hall–Kier alpha value is -2.79. The van der Waals surface area contributed by atoms with Gasteiger partial charge in [-0.1, -0.05) is 18.2 Å². The van der Waals surface area contributed by atoms with E-state index in [2.05, 4.69) is 24.2 Å². The Morgan fingerprint density at radius 1 is 1.37 bits per heavy atom. The van der Waals surface area contributed by atoms with Gasteiger partial charge < -0.3 is 5.11 Å². The number of aromatic nitrogens is 1. The van der Waals surface area contributed by atoms with Crippen molar-refractivity contribution in [1.29, 1.82) is 0 Å². The molecule has 1 aliphatic carbocycles. The van der Waals surface area contributed by atoms with E-state index in [0.29, 0.717) is 19.3 Å². The first-order valence-electron chi connectivity index (χ1n) is 9.24. The Morgan fingerprint density at radius 3 is 2.89 bits per heavy atom. The average molecular weight is 362 g/mol. The maximum Gasteiger partial charge on any atom is 0.319 e. The summed E-state index contributed by atoms with van der Waals surface area (Å²) in [5.41, 5.74) is 4.49. The lowest BCUT2D eigenvalue weighted by Gasteiger charge is -2.18. The van der Waals surface area contributed by atoms with Crippen molar-refractivity contribution in [2.45, 2.75) is 26.2 Å². The molecule has 1 atom stereocenters. The van der Waals surface area contributed by atoms with E-state index in [1.54, 1.807) is 4.58 Å². The highest BCUT2D eigenvalue weighted by atomic mass is 16.3. The molecule has 1 aromatic heterocycles. The lowest BCUT2D eigenvalue weighted by molar-refractivity contribution is -0.439. The van der Waals surface area contributed by atoms with Crippen molar-refractivity contribution >= 4 is 23.5 Å². The topological polar surface area (TPSA) is 65.2 Å². The predicted octanol–water partition coefficient (Wildman–Crippen LogP) is 2.11. The molecule has 2 aromatic rings. The zero-order valence-corrected chi connectivity index (χ0v) is 15.7. The van der Waals surface area contributed by atoms with Gasteiger partial charge in [0.2, 0.25) is 0 Å². The number of carbonyl (C=O) groups is 1. The number of nitrogens with zero attached hydrogens (tertiary/aromatic N) is 2. The molecule has 4 rings (SSSR count). The van der Waals surface area contributed by atoms with Gasteiger partial charge in [-0.25, -0.2) is 14.7 Å². The highest BCUT2D eigenvalue weighted by Gasteiger charge is 2.56. The molecular formula is C22H24N3O2+. The molecule has 1 aromatic carbocycles. The molecule has 0 saturated carbocycles. The Balaban J connectivity index is 1.81. The van der Waals surface area contributed by atoms with Crippen molar-refractivity contribution in [3.05, 3.63) is 64.6 Å². The summed E-state index contributed by atoms with van der Waals surface area (Å²) in [5.74, 6) is 0.782. The lowest BCUT2D eigenvalue weighted by Crippen LogP contribution is -2.35. The number of hydrogen-bond acceptors (Lipinski definition) is 3. The van der Waals surface area contributed by atoms with Crippen LogP contribution in [0, 0.1) is 5.41 Å².